The Kier molecular flexibility index (Phi) is 8.67. The third kappa shape index (κ3) is 6.15. The maximum absolute atomic E-state index is 13.1. The summed E-state index contributed by atoms with van der Waals surface area (Å²) >= 11 is 0. The number of imide groups is 2. The second-order valence-electron chi connectivity index (χ2n) is 7.69. The predicted octanol–water partition coefficient (Wildman–Crippen LogP) is 4.32. The zero-order valence-electron chi connectivity index (χ0n) is 19.8. The van der Waals surface area contributed by atoms with Crippen LogP contribution in [0.25, 0.3) is 6.08 Å². The molecule has 3 rings (SSSR count). The molecule has 0 unspecified atom stereocenters. The lowest BCUT2D eigenvalue weighted by molar-refractivity contribution is -0.130. The van der Waals surface area contributed by atoms with Crippen molar-refractivity contribution in [2.45, 2.75) is 40.2 Å². The number of amides is 4. The summed E-state index contributed by atoms with van der Waals surface area (Å²) < 4.78 is 17.0. The Morgan fingerprint density at radius 1 is 0.882 bits per heavy atom. The number of urea groups is 1. The zero-order valence-corrected chi connectivity index (χ0v) is 19.8. The maximum Gasteiger partial charge on any atom is 0.331 e. The van der Waals surface area contributed by atoms with E-state index in [1.807, 2.05) is 20.8 Å². The second kappa shape index (κ2) is 11.9. The van der Waals surface area contributed by atoms with E-state index in [9.17, 15) is 14.4 Å². The van der Waals surface area contributed by atoms with E-state index in [1.165, 1.54) is 6.08 Å². The molecule has 1 aliphatic heterocycles. The third-order valence-corrected chi connectivity index (χ3v) is 4.94. The molecular formula is C26H30N2O6. The van der Waals surface area contributed by atoms with Crippen molar-refractivity contribution in [2.75, 3.05) is 19.8 Å². The fraction of sp³-hybridized carbons (Fsp3) is 0.346. The number of nitrogens with one attached hydrogen (secondary N) is 1. The molecule has 8 nitrogen and oxygen atoms in total. The number of rotatable bonds is 11. The summed E-state index contributed by atoms with van der Waals surface area (Å²) in [5.74, 6) is 0.376. The quantitative estimate of drug-likeness (QED) is 0.391. The van der Waals surface area contributed by atoms with Crippen molar-refractivity contribution < 1.29 is 28.6 Å². The topological polar surface area (TPSA) is 94.2 Å². The van der Waals surface area contributed by atoms with Gasteiger partial charge in [-0.25, -0.2) is 4.79 Å². The minimum Gasteiger partial charge on any atom is -0.494 e. The highest BCUT2D eigenvalue weighted by molar-refractivity contribution is 6.30. The molecule has 4 amide bonds. The molecule has 0 spiro atoms. The molecule has 180 valence electrons. The zero-order chi connectivity index (χ0) is 24.5. The van der Waals surface area contributed by atoms with Gasteiger partial charge in [-0.05, 0) is 61.2 Å². The average molecular weight is 467 g/mol. The summed E-state index contributed by atoms with van der Waals surface area (Å²) in [6.45, 7) is 7.41. The van der Waals surface area contributed by atoms with E-state index in [0.717, 1.165) is 17.7 Å². The molecule has 1 fully saturated rings. The normalized spacial score (nSPS) is 14.9. The van der Waals surface area contributed by atoms with Gasteiger partial charge in [0.15, 0.2) is 11.5 Å². The standard InChI is InChI=1S/C26H30N2O6/c1-4-12-33-20-9-7-8-18(14-20)15-21-24(29)27-26(31)28(25(21)30)17-19-10-11-22(34-13-5-2)23(16-19)32-6-3/h7-11,14-16H,4-6,12-13,17H2,1-3H3,(H,27,29,31)/b21-15-. The van der Waals surface area contributed by atoms with Crippen LogP contribution in [0.3, 0.4) is 0 Å². The largest absolute Gasteiger partial charge is 0.494 e. The first-order valence-corrected chi connectivity index (χ1v) is 11.5. The van der Waals surface area contributed by atoms with E-state index >= 15 is 0 Å². The number of hydrogen-bond donors (Lipinski definition) is 1. The molecule has 34 heavy (non-hydrogen) atoms. The Bertz CT molecular complexity index is 1080. The van der Waals surface area contributed by atoms with Gasteiger partial charge in [-0.1, -0.05) is 32.0 Å². The molecule has 0 bridgehead atoms. The van der Waals surface area contributed by atoms with Crippen molar-refractivity contribution in [3.8, 4) is 17.2 Å². The van der Waals surface area contributed by atoms with Crippen LogP contribution in [0.2, 0.25) is 0 Å². The van der Waals surface area contributed by atoms with Gasteiger partial charge in [0.2, 0.25) is 0 Å². The Balaban J connectivity index is 1.84. The second-order valence-corrected chi connectivity index (χ2v) is 7.69. The summed E-state index contributed by atoms with van der Waals surface area (Å²) in [7, 11) is 0. The number of barbiturate groups is 1. The SMILES string of the molecule is CCCOc1cccc(/C=C2/C(=O)NC(=O)N(Cc3ccc(OCCC)c(OCC)c3)C2=O)c1. The number of hydrogen-bond acceptors (Lipinski definition) is 6. The van der Waals surface area contributed by atoms with Gasteiger partial charge >= 0.3 is 6.03 Å². The fourth-order valence-corrected chi connectivity index (χ4v) is 3.35. The highest BCUT2D eigenvalue weighted by Gasteiger charge is 2.35. The van der Waals surface area contributed by atoms with Gasteiger partial charge in [0, 0.05) is 0 Å². The Hall–Kier alpha value is -3.81. The lowest BCUT2D eigenvalue weighted by Gasteiger charge is -2.26. The van der Waals surface area contributed by atoms with Crippen molar-refractivity contribution in [3.63, 3.8) is 0 Å². The van der Waals surface area contributed by atoms with Crippen LogP contribution in [0, 0.1) is 0 Å². The molecule has 1 aliphatic rings. The van der Waals surface area contributed by atoms with Gasteiger partial charge in [0.1, 0.15) is 11.3 Å². The number of ether oxygens (including phenoxy) is 3. The van der Waals surface area contributed by atoms with Crippen molar-refractivity contribution in [1.29, 1.82) is 0 Å². The fourth-order valence-electron chi connectivity index (χ4n) is 3.35. The lowest BCUT2D eigenvalue weighted by atomic mass is 10.1. The van der Waals surface area contributed by atoms with E-state index < -0.39 is 17.8 Å². The molecule has 2 aromatic rings. The number of benzene rings is 2. The van der Waals surface area contributed by atoms with Gasteiger partial charge in [0.05, 0.1) is 26.4 Å². The number of nitrogens with zero attached hydrogens (tertiary/aromatic N) is 1. The molecule has 8 heteroatoms. The minimum atomic E-state index is -0.767. The van der Waals surface area contributed by atoms with Crippen LogP contribution < -0.4 is 19.5 Å². The first-order valence-electron chi connectivity index (χ1n) is 11.5. The van der Waals surface area contributed by atoms with Crippen molar-refractivity contribution in [2.24, 2.45) is 0 Å². The summed E-state index contributed by atoms with van der Waals surface area (Å²) in [5.41, 5.74) is 1.16. The molecule has 2 aromatic carbocycles. The molecule has 1 heterocycles. The number of carbonyl (C=O) groups is 3. The highest BCUT2D eigenvalue weighted by atomic mass is 16.5. The molecular weight excluding hydrogens is 436 g/mol. The summed E-state index contributed by atoms with van der Waals surface area (Å²) in [4.78, 5) is 39.0. The van der Waals surface area contributed by atoms with Crippen molar-refractivity contribution >= 4 is 23.9 Å². The van der Waals surface area contributed by atoms with Crippen LogP contribution in [0.15, 0.2) is 48.0 Å². The molecule has 1 N–H and O–H groups in total. The molecule has 0 radical (unpaired) electrons. The first kappa shape index (κ1) is 24.8. The monoisotopic (exact) mass is 466 g/mol. The minimum absolute atomic E-state index is 0.0247. The Morgan fingerprint density at radius 3 is 2.38 bits per heavy atom. The van der Waals surface area contributed by atoms with Crippen LogP contribution in [0.1, 0.15) is 44.7 Å². The summed E-state index contributed by atoms with van der Waals surface area (Å²) in [5, 5.41) is 2.25. The van der Waals surface area contributed by atoms with Gasteiger partial charge in [-0.15, -0.1) is 0 Å². The van der Waals surface area contributed by atoms with E-state index in [1.54, 1.807) is 42.5 Å². The van der Waals surface area contributed by atoms with Gasteiger partial charge < -0.3 is 14.2 Å². The van der Waals surface area contributed by atoms with Gasteiger partial charge in [-0.2, -0.15) is 0 Å². The maximum atomic E-state index is 13.1. The first-order chi connectivity index (χ1) is 16.5. The molecule has 0 atom stereocenters. The van der Waals surface area contributed by atoms with Crippen LogP contribution in [-0.4, -0.2) is 42.6 Å². The highest BCUT2D eigenvalue weighted by Crippen LogP contribution is 2.30. The van der Waals surface area contributed by atoms with E-state index in [2.05, 4.69) is 5.32 Å². The Labute approximate surface area is 199 Å². The van der Waals surface area contributed by atoms with E-state index in [4.69, 9.17) is 14.2 Å². The van der Waals surface area contributed by atoms with Crippen molar-refractivity contribution in [3.05, 3.63) is 59.2 Å². The van der Waals surface area contributed by atoms with Crippen LogP contribution in [0.5, 0.6) is 17.2 Å². The molecule has 0 aliphatic carbocycles. The smallest absolute Gasteiger partial charge is 0.331 e. The average Bonchev–Trinajstić information content (AvgIpc) is 2.83. The van der Waals surface area contributed by atoms with Crippen LogP contribution in [0.4, 0.5) is 4.79 Å². The molecule has 1 saturated heterocycles. The van der Waals surface area contributed by atoms with Crippen LogP contribution >= 0.6 is 0 Å². The molecule has 0 aromatic heterocycles. The summed E-state index contributed by atoms with van der Waals surface area (Å²) in [6, 6.07) is 11.6. The van der Waals surface area contributed by atoms with E-state index in [0.29, 0.717) is 48.2 Å². The van der Waals surface area contributed by atoms with Gasteiger partial charge in [-0.3, -0.25) is 19.8 Å². The lowest BCUT2D eigenvalue weighted by Crippen LogP contribution is -2.53. The molecule has 0 saturated carbocycles. The number of carbonyl (C=O) groups excluding carboxylic acids is 3. The predicted molar refractivity (Wildman–Crippen MR) is 128 cm³/mol. The van der Waals surface area contributed by atoms with Crippen LogP contribution in [-0.2, 0) is 16.1 Å². The van der Waals surface area contributed by atoms with Gasteiger partial charge in [0.25, 0.3) is 11.8 Å². The Morgan fingerprint density at radius 2 is 1.65 bits per heavy atom. The van der Waals surface area contributed by atoms with E-state index in [-0.39, 0.29) is 12.1 Å². The summed E-state index contributed by atoms with van der Waals surface area (Å²) in [6.07, 6.45) is 3.18. The van der Waals surface area contributed by atoms with Crippen molar-refractivity contribution in [1.82, 2.24) is 10.2 Å². The third-order valence-electron chi connectivity index (χ3n) is 4.94.